The van der Waals surface area contributed by atoms with Crippen molar-refractivity contribution in [2.24, 2.45) is 11.5 Å². The summed E-state index contributed by atoms with van der Waals surface area (Å²) in [4.78, 5) is 13.6. The molecule has 0 spiro atoms. The van der Waals surface area contributed by atoms with E-state index in [4.69, 9.17) is 11.5 Å². The van der Waals surface area contributed by atoms with Gasteiger partial charge in [-0.1, -0.05) is 19.8 Å². The van der Waals surface area contributed by atoms with Crippen molar-refractivity contribution in [1.82, 2.24) is 4.90 Å². The SMILES string of the molecule is CCC1CCCCCN1CC(C)(N)C(N)=O. The minimum Gasteiger partial charge on any atom is -0.368 e. The minimum absolute atomic E-state index is 0.411. The molecule has 94 valence electrons. The number of primary amides is 1. The van der Waals surface area contributed by atoms with Gasteiger partial charge in [0, 0.05) is 12.6 Å². The van der Waals surface area contributed by atoms with Crippen LogP contribution in [-0.4, -0.2) is 35.5 Å². The molecule has 2 atom stereocenters. The minimum atomic E-state index is -0.905. The van der Waals surface area contributed by atoms with Gasteiger partial charge < -0.3 is 11.5 Å². The lowest BCUT2D eigenvalue weighted by atomic mass is 10.00. The fourth-order valence-corrected chi connectivity index (χ4v) is 2.41. The molecule has 2 unspecified atom stereocenters. The van der Waals surface area contributed by atoms with Crippen molar-refractivity contribution in [2.75, 3.05) is 13.1 Å². The smallest absolute Gasteiger partial charge is 0.238 e. The summed E-state index contributed by atoms with van der Waals surface area (Å²) >= 11 is 0. The second-order valence-electron chi connectivity index (χ2n) is 5.16. The highest BCUT2D eigenvalue weighted by Gasteiger charge is 2.31. The number of likely N-dealkylation sites (tertiary alicyclic amines) is 1. The molecule has 0 aromatic carbocycles. The zero-order valence-electron chi connectivity index (χ0n) is 10.5. The first-order valence-corrected chi connectivity index (χ1v) is 6.30. The molecule has 4 heteroatoms. The number of nitrogens with two attached hydrogens (primary N) is 2. The highest BCUT2D eigenvalue weighted by molar-refractivity contribution is 5.84. The fourth-order valence-electron chi connectivity index (χ4n) is 2.41. The lowest BCUT2D eigenvalue weighted by Gasteiger charge is -2.34. The van der Waals surface area contributed by atoms with E-state index in [1.54, 1.807) is 6.92 Å². The maximum atomic E-state index is 11.2. The molecule has 0 bridgehead atoms. The summed E-state index contributed by atoms with van der Waals surface area (Å²) < 4.78 is 0. The molecule has 0 aromatic heterocycles. The Bertz CT molecular complexity index is 240. The first-order chi connectivity index (χ1) is 7.47. The Kier molecular flexibility index (Phi) is 4.74. The summed E-state index contributed by atoms with van der Waals surface area (Å²) in [5.41, 5.74) is 10.4. The van der Waals surface area contributed by atoms with Crippen LogP contribution >= 0.6 is 0 Å². The predicted octanol–water partition coefficient (Wildman–Crippen LogP) is 0.844. The fraction of sp³-hybridized carbons (Fsp3) is 0.917. The van der Waals surface area contributed by atoms with Gasteiger partial charge in [0.15, 0.2) is 0 Å². The third-order valence-corrected chi connectivity index (χ3v) is 3.56. The van der Waals surface area contributed by atoms with E-state index in [0.29, 0.717) is 12.6 Å². The van der Waals surface area contributed by atoms with Crippen molar-refractivity contribution in [3.63, 3.8) is 0 Å². The summed E-state index contributed by atoms with van der Waals surface area (Å²) in [6, 6.07) is 0.560. The maximum Gasteiger partial charge on any atom is 0.238 e. The van der Waals surface area contributed by atoms with Crippen LogP contribution in [0.5, 0.6) is 0 Å². The number of carbonyl (C=O) groups excluding carboxylic acids is 1. The van der Waals surface area contributed by atoms with Crippen molar-refractivity contribution in [3.05, 3.63) is 0 Å². The topological polar surface area (TPSA) is 72.3 Å². The average Bonchev–Trinajstić information content (AvgIpc) is 2.42. The molecule has 1 rings (SSSR count). The van der Waals surface area contributed by atoms with Gasteiger partial charge in [-0.3, -0.25) is 9.69 Å². The number of rotatable bonds is 4. The largest absolute Gasteiger partial charge is 0.368 e. The van der Waals surface area contributed by atoms with Crippen LogP contribution < -0.4 is 11.5 Å². The summed E-state index contributed by atoms with van der Waals surface area (Å²) in [5.74, 6) is -0.411. The van der Waals surface area contributed by atoms with Crippen molar-refractivity contribution in [3.8, 4) is 0 Å². The van der Waals surface area contributed by atoms with Gasteiger partial charge in [-0.05, 0) is 32.7 Å². The van der Waals surface area contributed by atoms with E-state index in [2.05, 4.69) is 11.8 Å². The van der Waals surface area contributed by atoms with Gasteiger partial charge >= 0.3 is 0 Å². The van der Waals surface area contributed by atoms with Gasteiger partial charge in [-0.2, -0.15) is 0 Å². The van der Waals surface area contributed by atoms with E-state index in [1.165, 1.54) is 25.7 Å². The lowest BCUT2D eigenvalue weighted by Crippen LogP contribution is -2.58. The third kappa shape index (κ3) is 3.46. The van der Waals surface area contributed by atoms with Gasteiger partial charge in [0.1, 0.15) is 5.54 Å². The van der Waals surface area contributed by atoms with Gasteiger partial charge in [0.05, 0.1) is 0 Å². The Labute approximate surface area is 98.3 Å². The number of hydrogen-bond acceptors (Lipinski definition) is 3. The molecule has 4 N–H and O–H groups in total. The monoisotopic (exact) mass is 227 g/mol. The highest BCUT2D eigenvalue weighted by atomic mass is 16.1. The molecule has 1 aliphatic heterocycles. The Morgan fingerprint density at radius 1 is 1.44 bits per heavy atom. The van der Waals surface area contributed by atoms with Crippen LogP contribution in [0, 0.1) is 0 Å². The van der Waals surface area contributed by atoms with Crippen LogP contribution in [-0.2, 0) is 4.79 Å². The summed E-state index contributed by atoms with van der Waals surface area (Å²) in [7, 11) is 0. The number of hydrogen-bond donors (Lipinski definition) is 2. The molecule has 16 heavy (non-hydrogen) atoms. The molecule has 0 saturated carbocycles. The van der Waals surface area contributed by atoms with E-state index in [9.17, 15) is 4.79 Å². The van der Waals surface area contributed by atoms with Gasteiger partial charge in [-0.25, -0.2) is 0 Å². The quantitative estimate of drug-likeness (QED) is 0.747. The molecule has 1 saturated heterocycles. The molecule has 0 aliphatic carbocycles. The molecule has 4 nitrogen and oxygen atoms in total. The Hall–Kier alpha value is -0.610. The second-order valence-corrected chi connectivity index (χ2v) is 5.16. The van der Waals surface area contributed by atoms with Gasteiger partial charge in [0.2, 0.25) is 5.91 Å². The van der Waals surface area contributed by atoms with E-state index in [1.807, 2.05) is 0 Å². The molecule has 0 radical (unpaired) electrons. The van der Waals surface area contributed by atoms with E-state index in [0.717, 1.165) is 13.0 Å². The number of carbonyl (C=O) groups is 1. The molecule has 0 aromatic rings. The predicted molar refractivity (Wildman–Crippen MR) is 65.9 cm³/mol. The van der Waals surface area contributed by atoms with E-state index >= 15 is 0 Å². The van der Waals surface area contributed by atoms with Gasteiger partial charge in [0.25, 0.3) is 0 Å². The molecule has 1 aliphatic rings. The van der Waals surface area contributed by atoms with Crippen molar-refractivity contribution < 1.29 is 4.79 Å². The van der Waals surface area contributed by atoms with Crippen LogP contribution in [0.25, 0.3) is 0 Å². The normalized spacial score (nSPS) is 27.1. The van der Waals surface area contributed by atoms with E-state index in [-0.39, 0.29) is 0 Å². The molecule has 1 heterocycles. The summed E-state index contributed by atoms with van der Waals surface area (Å²) in [5, 5.41) is 0. The zero-order chi connectivity index (χ0) is 12.2. The second kappa shape index (κ2) is 5.64. The van der Waals surface area contributed by atoms with Crippen LogP contribution in [0.15, 0.2) is 0 Å². The number of nitrogens with zero attached hydrogens (tertiary/aromatic N) is 1. The first-order valence-electron chi connectivity index (χ1n) is 6.30. The van der Waals surface area contributed by atoms with Crippen LogP contribution in [0.2, 0.25) is 0 Å². The molecule has 1 fully saturated rings. The zero-order valence-corrected chi connectivity index (χ0v) is 10.5. The van der Waals surface area contributed by atoms with Crippen LogP contribution in [0.4, 0.5) is 0 Å². The highest BCUT2D eigenvalue weighted by Crippen LogP contribution is 2.20. The summed E-state index contributed by atoms with van der Waals surface area (Å²) in [6.07, 6.45) is 6.10. The van der Waals surface area contributed by atoms with E-state index < -0.39 is 11.4 Å². The maximum absolute atomic E-state index is 11.2. The summed E-state index contributed by atoms with van der Waals surface area (Å²) in [6.45, 7) is 5.55. The standard InChI is InChI=1S/C12H25N3O/c1-3-10-7-5-4-6-8-15(10)9-12(2,14)11(13)16/h10H,3-9,14H2,1-2H3,(H2,13,16). The van der Waals surface area contributed by atoms with Crippen molar-refractivity contribution in [1.29, 1.82) is 0 Å². The molecular weight excluding hydrogens is 202 g/mol. The van der Waals surface area contributed by atoms with Crippen molar-refractivity contribution in [2.45, 2.75) is 57.5 Å². The molecular formula is C12H25N3O. The lowest BCUT2D eigenvalue weighted by molar-refractivity contribution is -0.123. The van der Waals surface area contributed by atoms with Crippen LogP contribution in [0.1, 0.15) is 46.0 Å². The first kappa shape index (κ1) is 13.5. The van der Waals surface area contributed by atoms with Crippen molar-refractivity contribution >= 4 is 5.91 Å². The third-order valence-electron chi connectivity index (χ3n) is 3.56. The Morgan fingerprint density at radius 2 is 2.12 bits per heavy atom. The molecule has 1 amide bonds. The number of amides is 1. The van der Waals surface area contributed by atoms with Crippen LogP contribution in [0.3, 0.4) is 0 Å². The Morgan fingerprint density at radius 3 is 2.69 bits per heavy atom. The Balaban J connectivity index is 2.64. The average molecular weight is 227 g/mol. The van der Waals surface area contributed by atoms with Gasteiger partial charge in [-0.15, -0.1) is 0 Å².